The highest BCUT2D eigenvalue weighted by molar-refractivity contribution is 5.56. The number of nitrogens with zero attached hydrogens (tertiary/aromatic N) is 3. The molecule has 4 nitrogen and oxygen atoms in total. The Hall–Kier alpha value is -1.94. The molecule has 0 radical (unpaired) electrons. The van der Waals surface area contributed by atoms with Crippen molar-refractivity contribution < 1.29 is 0 Å². The van der Waals surface area contributed by atoms with Crippen molar-refractivity contribution in [3.8, 4) is 0 Å². The third-order valence-corrected chi connectivity index (χ3v) is 3.95. The van der Waals surface area contributed by atoms with Crippen molar-refractivity contribution in [1.29, 1.82) is 0 Å². The number of rotatable bonds is 5. The van der Waals surface area contributed by atoms with Gasteiger partial charge in [0.25, 0.3) is 0 Å². The van der Waals surface area contributed by atoms with Crippen LogP contribution in [0.3, 0.4) is 0 Å². The van der Waals surface area contributed by atoms with E-state index in [4.69, 9.17) is 0 Å². The van der Waals surface area contributed by atoms with Crippen molar-refractivity contribution in [3.05, 3.63) is 47.3 Å². The summed E-state index contributed by atoms with van der Waals surface area (Å²) in [5, 5.41) is 3.51. The van der Waals surface area contributed by atoms with Crippen molar-refractivity contribution >= 4 is 11.6 Å². The summed E-state index contributed by atoms with van der Waals surface area (Å²) in [5.41, 5.74) is 4.59. The Morgan fingerprint density at radius 1 is 1.19 bits per heavy atom. The third-order valence-electron chi connectivity index (χ3n) is 3.95. The van der Waals surface area contributed by atoms with Gasteiger partial charge < -0.3 is 10.2 Å². The molecule has 0 aliphatic heterocycles. The van der Waals surface area contributed by atoms with Crippen LogP contribution >= 0.6 is 0 Å². The van der Waals surface area contributed by atoms with Crippen LogP contribution in [0.2, 0.25) is 0 Å². The maximum Gasteiger partial charge on any atom is 0.229 e. The van der Waals surface area contributed by atoms with Gasteiger partial charge in [0.2, 0.25) is 5.95 Å². The molecule has 1 aliphatic rings. The van der Waals surface area contributed by atoms with E-state index in [0.29, 0.717) is 6.04 Å². The smallest absolute Gasteiger partial charge is 0.229 e. The van der Waals surface area contributed by atoms with Gasteiger partial charge in [-0.05, 0) is 38.8 Å². The number of aryl methyl sites for hydroxylation is 2. The molecule has 0 unspecified atom stereocenters. The minimum absolute atomic E-state index is 0.708. The minimum Gasteiger partial charge on any atom is -0.314 e. The summed E-state index contributed by atoms with van der Waals surface area (Å²) >= 11 is 0. The van der Waals surface area contributed by atoms with Gasteiger partial charge in [-0.1, -0.05) is 17.7 Å². The molecule has 0 atom stereocenters. The number of hydrogen-bond donors (Lipinski definition) is 1. The SMILES string of the molecule is Cc1ccc(N(C)c2ncc(CNC3CC3)c(C)n2)cc1. The van der Waals surface area contributed by atoms with Gasteiger partial charge in [0.15, 0.2) is 0 Å². The van der Waals surface area contributed by atoms with Crippen LogP contribution < -0.4 is 10.2 Å². The standard InChI is InChI=1S/C17H22N4/c1-12-4-8-16(9-5-12)21(3)17-19-11-14(13(2)20-17)10-18-15-6-7-15/h4-5,8-9,11,15,18H,6-7,10H2,1-3H3. The molecule has 0 amide bonds. The maximum atomic E-state index is 4.65. The van der Waals surface area contributed by atoms with Crippen molar-refractivity contribution in [2.24, 2.45) is 0 Å². The lowest BCUT2D eigenvalue weighted by atomic mass is 10.2. The minimum atomic E-state index is 0.708. The van der Waals surface area contributed by atoms with Crippen LogP contribution in [0.4, 0.5) is 11.6 Å². The highest BCUT2D eigenvalue weighted by Crippen LogP contribution is 2.22. The van der Waals surface area contributed by atoms with Crippen LogP contribution in [0.1, 0.15) is 29.7 Å². The van der Waals surface area contributed by atoms with Crippen LogP contribution in [0.25, 0.3) is 0 Å². The Kier molecular flexibility index (Phi) is 3.88. The third kappa shape index (κ3) is 3.39. The molecule has 0 saturated heterocycles. The number of anilines is 2. The van der Waals surface area contributed by atoms with E-state index in [1.54, 1.807) is 0 Å². The van der Waals surface area contributed by atoms with Gasteiger partial charge in [-0.2, -0.15) is 0 Å². The summed E-state index contributed by atoms with van der Waals surface area (Å²) in [6, 6.07) is 9.10. The summed E-state index contributed by atoms with van der Waals surface area (Å²) < 4.78 is 0. The number of aromatic nitrogens is 2. The molecule has 4 heteroatoms. The summed E-state index contributed by atoms with van der Waals surface area (Å²) in [6.45, 7) is 5.01. The van der Waals surface area contributed by atoms with E-state index >= 15 is 0 Å². The molecule has 1 aromatic heterocycles. The molecule has 1 aliphatic carbocycles. The molecule has 3 rings (SSSR count). The van der Waals surface area contributed by atoms with E-state index in [2.05, 4.69) is 53.4 Å². The fourth-order valence-electron chi connectivity index (χ4n) is 2.24. The highest BCUT2D eigenvalue weighted by Gasteiger charge is 2.20. The number of hydrogen-bond acceptors (Lipinski definition) is 4. The lowest BCUT2D eigenvalue weighted by molar-refractivity contribution is 0.679. The highest BCUT2D eigenvalue weighted by atomic mass is 15.2. The fourth-order valence-corrected chi connectivity index (χ4v) is 2.24. The van der Waals surface area contributed by atoms with Crippen LogP contribution in [0, 0.1) is 13.8 Å². The zero-order valence-corrected chi connectivity index (χ0v) is 12.9. The maximum absolute atomic E-state index is 4.65. The Balaban J connectivity index is 1.75. The average molecular weight is 282 g/mol. The Bertz CT molecular complexity index is 617. The van der Waals surface area contributed by atoms with E-state index in [9.17, 15) is 0 Å². The van der Waals surface area contributed by atoms with Gasteiger partial charge in [-0.15, -0.1) is 0 Å². The van der Waals surface area contributed by atoms with Gasteiger partial charge in [-0.3, -0.25) is 0 Å². The lowest BCUT2D eigenvalue weighted by Gasteiger charge is -2.18. The van der Waals surface area contributed by atoms with Gasteiger partial charge in [0.05, 0.1) is 0 Å². The van der Waals surface area contributed by atoms with E-state index in [0.717, 1.165) is 23.9 Å². The van der Waals surface area contributed by atoms with E-state index in [1.165, 1.54) is 24.0 Å². The molecule has 1 heterocycles. The van der Waals surface area contributed by atoms with Crippen LogP contribution in [-0.4, -0.2) is 23.1 Å². The van der Waals surface area contributed by atoms with Crippen molar-refractivity contribution in [2.75, 3.05) is 11.9 Å². The normalized spacial score (nSPS) is 14.2. The Labute approximate surface area is 126 Å². The molecule has 2 aromatic rings. The molecule has 1 fully saturated rings. The second-order valence-corrected chi connectivity index (χ2v) is 5.83. The zero-order chi connectivity index (χ0) is 14.8. The topological polar surface area (TPSA) is 41.1 Å². The van der Waals surface area contributed by atoms with Crippen molar-refractivity contribution in [2.45, 2.75) is 39.3 Å². The van der Waals surface area contributed by atoms with Gasteiger partial charge in [-0.25, -0.2) is 9.97 Å². The summed E-state index contributed by atoms with van der Waals surface area (Å²) in [5.74, 6) is 0.742. The summed E-state index contributed by atoms with van der Waals surface area (Å²) in [7, 11) is 2.00. The average Bonchev–Trinajstić information content (AvgIpc) is 3.30. The largest absolute Gasteiger partial charge is 0.314 e. The second kappa shape index (κ2) is 5.82. The first-order valence-corrected chi connectivity index (χ1v) is 7.50. The van der Waals surface area contributed by atoms with Crippen LogP contribution in [0.5, 0.6) is 0 Å². The summed E-state index contributed by atoms with van der Waals surface area (Å²) in [6.07, 6.45) is 4.54. The molecular formula is C17H22N4. The van der Waals surface area contributed by atoms with E-state index in [-0.39, 0.29) is 0 Å². The molecule has 0 spiro atoms. The number of benzene rings is 1. The number of nitrogens with one attached hydrogen (secondary N) is 1. The first-order chi connectivity index (χ1) is 10.1. The lowest BCUT2D eigenvalue weighted by Crippen LogP contribution is -2.18. The molecule has 1 aromatic carbocycles. The quantitative estimate of drug-likeness (QED) is 0.915. The Morgan fingerprint density at radius 2 is 1.90 bits per heavy atom. The van der Waals surface area contributed by atoms with Crippen molar-refractivity contribution in [1.82, 2.24) is 15.3 Å². The first kappa shape index (κ1) is 14.0. The fraction of sp³-hybridized carbons (Fsp3) is 0.412. The van der Waals surface area contributed by atoms with E-state index in [1.807, 2.05) is 18.1 Å². The molecule has 1 saturated carbocycles. The molecule has 21 heavy (non-hydrogen) atoms. The predicted octanol–water partition coefficient (Wildman–Crippen LogP) is 3.11. The molecule has 1 N–H and O–H groups in total. The van der Waals surface area contributed by atoms with Gasteiger partial charge in [0.1, 0.15) is 0 Å². The van der Waals surface area contributed by atoms with Gasteiger partial charge in [0, 0.05) is 42.8 Å². The van der Waals surface area contributed by atoms with E-state index < -0.39 is 0 Å². The van der Waals surface area contributed by atoms with Crippen molar-refractivity contribution in [3.63, 3.8) is 0 Å². The zero-order valence-electron chi connectivity index (χ0n) is 12.9. The predicted molar refractivity (Wildman–Crippen MR) is 85.9 cm³/mol. The summed E-state index contributed by atoms with van der Waals surface area (Å²) in [4.78, 5) is 11.2. The second-order valence-electron chi connectivity index (χ2n) is 5.83. The monoisotopic (exact) mass is 282 g/mol. The van der Waals surface area contributed by atoms with Crippen LogP contribution in [-0.2, 0) is 6.54 Å². The Morgan fingerprint density at radius 3 is 2.52 bits per heavy atom. The van der Waals surface area contributed by atoms with Gasteiger partial charge >= 0.3 is 0 Å². The first-order valence-electron chi connectivity index (χ1n) is 7.50. The van der Waals surface area contributed by atoms with Crippen LogP contribution in [0.15, 0.2) is 30.5 Å². The molecular weight excluding hydrogens is 260 g/mol. The molecule has 0 bridgehead atoms. The molecule has 110 valence electrons.